The summed E-state index contributed by atoms with van der Waals surface area (Å²) in [4.78, 5) is 40.2. The van der Waals surface area contributed by atoms with E-state index in [2.05, 4.69) is 16.0 Å². The number of thioether (sulfide) groups is 1. The van der Waals surface area contributed by atoms with Gasteiger partial charge in [0.25, 0.3) is 11.8 Å². The molecule has 0 aliphatic heterocycles. The van der Waals surface area contributed by atoms with Crippen molar-refractivity contribution in [3.63, 3.8) is 0 Å². The zero-order chi connectivity index (χ0) is 30.8. The van der Waals surface area contributed by atoms with Crippen molar-refractivity contribution in [2.75, 3.05) is 17.7 Å². The number of carbonyl (C=O) groups excluding carboxylic acids is 3. The molecule has 220 valence electrons. The van der Waals surface area contributed by atoms with Gasteiger partial charge >= 0.3 is 0 Å². The molecule has 0 heterocycles. The molecular formula is C33H29Cl2N3O4S. The minimum absolute atomic E-state index is 0.0567. The molecule has 1 atom stereocenters. The van der Waals surface area contributed by atoms with Gasteiger partial charge in [0.2, 0.25) is 5.91 Å². The summed E-state index contributed by atoms with van der Waals surface area (Å²) in [5.74, 6) is -0.487. The van der Waals surface area contributed by atoms with E-state index in [0.717, 1.165) is 4.90 Å². The molecule has 0 radical (unpaired) electrons. The second-order valence-corrected chi connectivity index (χ2v) is 11.4. The highest BCUT2D eigenvalue weighted by Crippen LogP contribution is 2.31. The van der Waals surface area contributed by atoms with Gasteiger partial charge in [-0.1, -0.05) is 66.5 Å². The van der Waals surface area contributed by atoms with E-state index in [1.54, 1.807) is 98.1 Å². The summed E-state index contributed by atoms with van der Waals surface area (Å²) in [6, 6.07) is 27.8. The summed E-state index contributed by atoms with van der Waals surface area (Å²) in [6.45, 7) is 1.91. The summed E-state index contributed by atoms with van der Waals surface area (Å²) in [7, 11) is 1.57. The minimum atomic E-state index is -0.511. The van der Waals surface area contributed by atoms with Gasteiger partial charge in [0.05, 0.1) is 23.1 Å². The first-order valence-electron chi connectivity index (χ1n) is 13.3. The number of hydrogen-bond donors (Lipinski definition) is 3. The van der Waals surface area contributed by atoms with Crippen LogP contribution >= 0.6 is 35.0 Å². The molecule has 3 amide bonds. The van der Waals surface area contributed by atoms with E-state index in [1.165, 1.54) is 11.8 Å². The summed E-state index contributed by atoms with van der Waals surface area (Å²) in [5.41, 5.74) is 2.10. The Balaban J connectivity index is 1.51. The van der Waals surface area contributed by atoms with Gasteiger partial charge in [0.15, 0.2) is 0 Å². The number of anilines is 2. The van der Waals surface area contributed by atoms with Crippen LogP contribution in [-0.4, -0.2) is 30.1 Å². The average Bonchev–Trinajstić information content (AvgIpc) is 3.02. The Morgan fingerprint density at radius 3 is 2.33 bits per heavy atom. The molecule has 7 nitrogen and oxygen atoms in total. The van der Waals surface area contributed by atoms with Crippen LogP contribution in [0.2, 0.25) is 10.0 Å². The molecule has 1 unspecified atom stereocenters. The molecular weight excluding hydrogens is 605 g/mol. The third kappa shape index (κ3) is 9.12. The van der Waals surface area contributed by atoms with E-state index in [4.69, 9.17) is 27.9 Å². The maximum Gasteiger partial charge on any atom is 0.272 e. The van der Waals surface area contributed by atoms with Gasteiger partial charge < -0.3 is 20.7 Å². The second kappa shape index (κ2) is 15.3. The van der Waals surface area contributed by atoms with E-state index in [0.29, 0.717) is 44.7 Å². The highest BCUT2D eigenvalue weighted by Gasteiger charge is 2.20. The Bertz CT molecular complexity index is 1630. The van der Waals surface area contributed by atoms with Crippen LogP contribution in [0, 0.1) is 0 Å². The number of ether oxygens (including phenoxy) is 1. The average molecular weight is 635 g/mol. The topological polar surface area (TPSA) is 96.5 Å². The van der Waals surface area contributed by atoms with Crippen molar-refractivity contribution in [3.8, 4) is 5.75 Å². The number of benzene rings is 4. The van der Waals surface area contributed by atoms with E-state index >= 15 is 0 Å². The fourth-order valence-electron chi connectivity index (χ4n) is 3.95. The van der Waals surface area contributed by atoms with Gasteiger partial charge in [-0.15, -0.1) is 11.8 Å². The van der Waals surface area contributed by atoms with E-state index in [1.807, 2.05) is 19.1 Å². The summed E-state index contributed by atoms with van der Waals surface area (Å²) in [5, 5.41) is 8.86. The van der Waals surface area contributed by atoms with Crippen LogP contribution in [0.5, 0.6) is 5.75 Å². The molecule has 0 saturated heterocycles. The van der Waals surface area contributed by atoms with Crippen LogP contribution in [0.15, 0.2) is 108 Å². The highest BCUT2D eigenvalue weighted by atomic mass is 35.5. The molecule has 0 bridgehead atoms. The second-order valence-electron chi connectivity index (χ2n) is 9.26. The van der Waals surface area contributed by atoms with Crippen LogP contribution in [0.3, 0.4) is 0 Å². The van der Waals surface area contributed by atoms with Gasteiger partial charge in [-0.2, -0.15) is 0 Å². The monoisotopic (exact) mass is 633 g/mol. The van der Waals surface area contributed by atoms with Crippen molar-refractivity contribution >= 4 is 70.1 Å². The lowest BCUT2D eigenvalue weighted by Crippen LogP contribution is -2.30. The van der Waals surface area contributed by atoms with Crippen LogP contribution in [0.4, 0.5) is 11.4 Å². The van der Waals surface area contributed by atoms with Crippen molar-refractivity contribution in [3.05, 3.63) is 124 Å². The third-order valence-electron chi connectivity index (χ3n) is 6.18. The maximum absolute atomic E-state index is 13.5. The molecule has 0 aromatic heterocycles. The molecule has 0 spiro atoms. The Kier molecular flexibility index (Phi) is 11.3. The predicted octanol–water partition coefficient (Wildman–Crippen LogP) is 7.92. The lowest BCUT2D eigenvalue weighted by Gasteiger charge is -2.16. The molecule has 0 aliphatic rings. The summed E-state index contributed by atoms with van der Waals surface area (Å²) >= 11 is 13.6. The van der Waals surface area contributed by atoms with E-state index in [9.17, 15) is 14.4 Å². The number of carbonyl (C=O) groups is 3. The van der Waals surface area contributed by atoms with Crippen molar-refractivity contribution in [1.29, 1.82) is 0 Å². The number of nitrogens with one attached hydrogen (secondary N) is 3. The lowest BCUT2D eigenvalue weighted by atomic mass is 10.1. The van der Waals surface area contributed by atoms with Gasteiger partial charge in [-0.05, 0) is 78.7 Å². The van der Waals surface area contributed by atoms with Gasteiger partial charge in [0.1, 0.15) is 11.4 Å². The Morgan fingerprint density at radius 2 is 1.63 bits per heavy atom. The van der Waals surface area contributed by atoms with Crippen LogP contribution < -0.4 is 20.7 Å². The number of rotatable bonds is 11. The molecule has 4 aromatic rings. The van der Waals surface area contributed by atoms with E-state index < -0.39 is 17.1 Å². The van der Waals surface area contributed by atoms with Crippen molar-refractivity contribution < 1.29 is 19.1 Å². The van der Waals surface area contributed by atoms with Gasteiger partial charge in [0, 0.05) is 21.2 Å². The van der Waals surface area contributed by atoms with Crippen molar-refractivity contribution in [1.82, 2.24) is 5.32 Å². The molecule has 43 heavy (non-hydrogen) atoms. The predicted molar refractivity (Wildman–Crippen MR) is 175 cm³/mol. The Hall–Kier alpha value is -4.24. The molecule has 4 aromatic carbocycles. The standard InChI is InChI=1S/C33H29Cl2N3O4S/c1-3-30(33(41)37-28-19-23(34)14-17-27(28)35)43-26-11-7-10-24(20-26)36-32(40)29(18-21-12-15-25(42-2)16-13-21)38-31(39)22-8-5-4-6-9-22/h4-20,30H,3H2,1-2H3,(H,36,40)(H,37,41)(H,38,39)/b29-18+. The SMILES string of the molecule is CCC(Sc1cccc(NC(=O)/C(=C\c2ccc(OC)cc2)NC(=O)c2ccccc2)c1)C(=O)Nc1cc(Cl)ccc1Cl. The molecule has 0 fully saturated rings. The maximum atomic E-state index is 13.5. The smallest absolute Gasteiger partial charge is 0.272 e. The Labute approximate surface area is 264 Å². The summed E-state index contributed by atoms with van der Waals surface area (Å²) < 4.78 is 5.22. The fourth-order valence-corrected chi connectivity index (χ4v) is 5.30. The van der Waals surface area contributed by atoms with Crippen LogP contribution in [0.1, 0.15) is 29.3 Å². The first-order valence-corrected chi connectivity index (χ1v) is 15.0. The number of methoxy groups -OCH3 is 1. The third-order valence-corrected chi connectivity index (χ3v) is 8.10. The fraction of sp³-hybridized carbons (Fsp3) is 0.121. The minimum Gasteiger partial charge on any atom is -0.497 e. The quantitative estimate of drug-likeness (QED) is 0.115. The summed E-state index contributed by atoms with van der Waals surface area (Å²) in [6.07, 6.45) is 2.14. The molecule has 0 aliphatic carbocycles. The molecule has 3 N–H and O–H groups in total. The van der Waals surface area contributed by atoms with Gasteiger partial charge in [-0.3, -0.25) is 14.4 Å². The molecule has 0 saturated carbocycles. The normalized spacial score (nSPS) is 11.8. The zero-order valence-electron chi connectivity index (χ0n) is 23.4. The van der Waals surface area contributed by atoms with Crippen LogP contribution in [-0.2, 0) is 9.59 Å². The van der Waals surface area contributed by atoms with Crippen LogP contribution in [0.25, 0.3) is 6.08 Å². The largest absolute Gasteiger partial charge is 0.497 e. The molecule has 4 rings (SSSR count). The number of halogens is 2. The van der Waals surface area contributed by atoms with Crippen molar-refractivity contribution in [2.45, 2.75) is 23.5 Å². The highest BCUT2D eigenvalue weighted by molar-refractivity contribution is 8.00. The first kappa shape index (κ1) is 31.7. The molecule has 10 heteroatoms. The number of amides is 3. The first-order chi connectivity index (χ1) is 20.7. The van der Waals surface area contributed by atoms with Crippen molar-refractivity contribution in [2.24, 2.45) is 0 Å². The van der Waals surface area contributed by atoms with Gasteiger partial charge in [-0.25, -0.2) is 0 Å². The zero-order valence-corrected chi connectivity index (χ0v) is 25.7. The number of hydrogen-bond acceptors (Lipinski definition) is 5. The Morgan fingerprint density at radius 1 is 0.884 bits per heavy atom. The lowest BCUT2D eigenvalue weighted by molar-refractivity contribution is -0.116. The van der Waals surface area contributed by atoms with E-state index in [-0.39, 0.29) is 11.6 Å².